The molecule has 2 atom stereocenters. The van der Waals surface area contributed by atoms with Crippen LogP contribution in [0.4, 0.5) is 10.1 Å². The van der Waals surface area contributed by atoms with E-state index in [9.17, 15) is 14.0 Å². The Bertz CT molecular complexity index is 639. The maximum Gasteiger partial charge on any atom is 0.230 e. The van der Waals surface area contributed by atoms with E-state index in [2.05, 4.69) is 11.4 Å². The summed E-state index contributed by atoms with van der Waals surface area (Å²) in [5.41, 5.74) is 0.966. The average Bonchev–Trinajstić information content (AvgIpc) is 2.50. The predicted octanol–water partition coefficient (Wildman–Crippen LogP) is 2.26. The molecule has 0 fully saturated rings. The number of nitrogens with one attached hydrogen (secondary N) is 1. The number of anilines is 1. The van der Waals surface area contributed by atoms with Crippen molar-refractivity contribution in [3.8, 4) is 6.07 Å². The number of carbonyl (C=O) groups is 2. The zero-order valence-electron chi connectivity index (χ0n) is 12.6. The molecule has 1 aromatic rings. The van der Waals surface area contributed by atoms with E-state index in [1.54, 1.807) is 11.8 Å². The molecular formula is C16H18FN3O2. The fraction of sp³-hybridized carbons (Fsp3) is 0.438. The van der Waals surface area contributed by atoms with Gasteiger partial charge in [0.05, 0.1) is 17.9 Å². The van der Waals surface area contributed by atoms with Gasteiger partial charge >= 0.3 is 0 Å². The Kier molecular flexibility index (Phi) is 4.76. The Hall–Kier alpha value is -2.42. The number of nitriles is 1. The molecule has 1 heterocycles. The number of benzene rings is 1. The van der Waals surface area contributed by atoms with Gasteiger partial charge in [-0.15, -0.1) is 0 Å². The SMILES string of the molecule is CCN(CC(C)C#N)C(=O)C1CC(=O)Nc2cc(F)ccc21. The van der Waals surface area contributed by atoms with Crippen LogP contribution in [0.5, 0.6) is 0 Å². The van der Waals surface area contributed by atoms with Crippen molar-refractivity contribution in [2.24, 2.45) is 5.92 Å². The second-order valence-electron chi connectivity index (χ2n) is 5.44. The summed E-state index contributed by atoms with van der Waals surface area (Å²) >= 11 is 0. The second-order valence-corrected chi connectivity index (χ2v) is 5.44. The van der Waals surface area contributed by atoms with Gasteiger partial charge < -0.3 is 10.2 Å². The third-order valence-corrected chi connectivity index (χ3v) is 3.76. The lowest BCUT2D eigenvalue weighted by molar-refractivity contribution is -0.135. The molecule has 0 saturated carbocycles. The number of nitrogens with zero attached hydrogens (tertiary/aromatic N) is 2. The van der Waals surface area contributed by atoms with Crippen LogP contribution in [0.2, 0.25) is 0 Å². The number of amides is 2. The number of hydrogen-bond acceptors (Lipinski definition) is 3. The van der Waals surface area contributed by atoms with Crippen molar-refractivity contribution in [2.75, 3.05) is 18.4 Å². The van der Waals surface area contributed by atoms with Gasteiger partial charge in [0.15, 0.2) is 0 Å². The van der Waals surface area contributed by atoms with Crippen LogP contribution < -0.4 is 5.32 Å². The van der Waals surface area contributed by atoms with E-state index in [0.717, 1.165) is 0 Å². The quantitative estimate of drug-likeness (QED) is 0.927. The Labute approximate surface area is 128 Å². The van der Waals surface area contributed by atoms with E-state index in [4.69, 9.17) is 5.26 Å². The molecular weight excluding hydrogens is 285 g/mol. The molecule has 0 bridgehead atoms. The summed E-state index contributed by atoms with van der Waals surface area (Å²) < 4.78 is 13.3. The molecule has 0 spiro atoms. The second kappa shape index (κ2) is 6.56. The number of rotatable bonds is 4. The van der Waals surface area contributed by atoms with Crippen LogP contribution in [0, 0.1) is 23.1 Å². The molecule has 1 aliphatic rings. The molecule has 22 heavy (non-hydrogen) atoms. The summed E-state index contributed by atoms with van der Waals surface area (Å²) in [7, 11) is 0. The van der Waals surface area contributed by atoms with Crippen molar-refractivity contribution >= 4 is 17.5 Å². The fourth-order valence-electron chi connectivity index (χ4n) is 2.62. The van der Waals surface area contributed by atoms with Gasteiger partial charge in [0.1, 0.15) is 5.82 Å². The average molecular weight is 303 g/mol. The molecule has 5 nitrogen and oxygen atoms in total. The van der Waals surface area contributed by atoms with Crippen LogP contribution in [0.3, 0.4) is 0 Å². The van der Waals surface area contributed by atoms with Crippen molar-refractivity contribution in [3.63, 3.8) is 0 Å². The maximum atomic E-state index is 13.3. The zero-order chi connectivity index (χ0) is 16.3. The predicted molar refractivity (Wildman–Crippen MR) is 79.4 cm³/mol. The minimum absolute atomic E-state index is 0.0366. The minimum atomic E-state index is -0.629. The molecule has 1 aromatic carbocycles. The highest BCUT2D eigenvalue weighted by molar-refractivity contribution is 6.01. The highest BCUT2D eigenvalue weighted by Crippen LogP contribution is 2.34. The van der Waals surface area contributed by atoms with Crippen LogP contribution in [0.15, 0.2) is 18.2 Å². The van der Waals surface area contributed by atoms with E-state index in [1.807, 2.05) is 6.92 Å². The van der Waals surface area contributed by atoms with E-state index in [1.165, 1.54) is 18.2 Å². The molecule has 1 aliphatic heterocycles. The van der Waals surface area contributed by atoms with Gasteiger partial charge in [-0.1, -0.05) is 6.07 Å². The number of fused-ring (bicyclic) bond motifs is 1. The summed E-state index contributed by atoms with van der Waals surface area (Å²) in [6.07, 6.45) is 0.0366. The number of likely N-dealkylation sites (N-methyl/N-ethyl adjacent to an activating group) is 1. The van der Waals surface area contributed by atoms with Gasteiger partial charge in [0.2, 0.25) is 11.8 Å². The van der Waals surface area contributed by atoms with Crippen LogP contribution in [-0.4, -0.2) is 29.8 Å². The van der Waals surface area contributed by atoms with Crippen LogP contribution in [-0.2, 0) is 9.59 Å². The Morgan fingerprint density at radius 2 is 2.32 bits per heavy atom. The summed E-state index contributed by atoms with van der Waals surface area (Å²) in [6, 6.07) is 6.14. The minimum Gasteiger partial charge on any atom is -0.341 e. The highest BCUT2D eigenvalue weighted by atomic mass is 19.1. The first-order valence-corrected chi connectivity index (χ1v) is 7.24. The normalized spacial score (nSPS) is 17.9. The largest absolute Gasteiger partial charge is 0.341 e. The lowest BCUT2D eigenvalue weighted by Crippen LogP contribution is -2.40. The number of carbonyl (C=O) groups excluding carboxylic acids is 2. The van der Waals surface area contributed by atoms with Gasteiger partial charge in [-0.25, -0.2) is 4.39 Å². The van der Waals surface area contributed by atoms with Crippen molar-refractivity contribution in [1.29, 1.82) is 5.26 Å². The van der Waals surface area contributed by atoms with E-state index < -0.39 is 11.7 Å². The standard InChI is InChI=1S/C16H18FN3O2/c1-3-20(9-10(2)8-18)16(22)13-7-15(21)19-14-6-11(17)4-5-12(13)14/h4-6,10,13H,3,7,9H2,1-2H3,(H,19,21). The van der Waals surface area contributed by atoms with Crippen molar-refractivity contribution in [1.82, 2.24) is 4.90 Å². The molecule has 2 unspecified atom stereocenters. The third kappa shape index (κ3) is 3.25. The van der Waals surface area contributed by atoms with E-state index >= 15 is 0 Å². The highest BCUT2D eigenvalue weighted by Gasteiger charge is 2.33. The van der Waals surface area contributed by atoms with Gasteiger partial charge in [-0.2, -0.15) is 5.26 Å². The van der Waals surface area contributed by atoms with Gasteiger partial charge in [-0.3, -0.25) is 9.59 Å². The van der Waals surface area contributed by atoms with Crippen molar-refractivity contribution < 1.29 is 14.0 Å². The molecule has 2 rings (SSSR count). The lowest BCUT2D eigenvalue weighted by atomic mass is 9.89. The maximum absolute atomic E-state index is 13.3. The molecule has 0 radical (unpaired) electrons. The van der Waals surface area contributed by atoms with Gasteiger partial charge in [0.25, 0.3) is 0 Å². The van der Waals surface area contributed by atoms with Crippen LogP contribution in [0.25, 0.3) is 0 Å². The van der Waals surface area contributed by atoms with Crippen LogP contribution >= 0.6 is 0 Å². The molecule has 116 valence electrons. The Morgan fingerprint density at radius 1 is 1.59 bits per heavy atom. The van der Waals surface area contributed by atoms with Crippen molar-refractivity contribution in [3.05, 3.63) is 29.6 Å². The Balaban J connectivity index is 2.30. The van der Waals surface area contributed by atoms with Gasteiger partial charge in [-0.05, 0) is 31.5 Å². The lowest BCUT2D eigenvalue weighted by Gasteiger charge is -2.30. The molecule has 2 amide bonds. The summed E-state index contributed by atoms with van der Waals surface area (Å²) in [6.45, 7) is 4.35. The first-order chi connectivity index (χ1) is 10.5. The molecule has 0 saturated heterocycles. The molecule has 0 aromatic heterocycles. The molecule has 6 heteroatoms. The molecule has 1 N–H and O–H groups in total. The first kappa shape index (κ1) is 16.0. The monoisotopic (exact) mass is 303 g/mol. The third-order valence-electron chi connectivity index (χ3n) is 3.76. The zero-order valence-corrected chi connectivity index (χ0v) is 12.6. The van der Waals surface area contributed by atoms with Crippen molar-refractivity contribution in [2.45, 2.75) is 26.2 Å². The topological polar surface area (TPSA) is 73.2 Å². The summed E-state index contributed by atoms with van der Waals surface area (Å²) in [5.74, 6) is -1.88. The number of halogens is 1. The smallest absolute Gasteiger partial charge is 0.230 e. The Morgan fingerprint density at radius 3 is 2.95 bits per heavy atom. The van der Waals surface area contributed by atoms with E-state index in [-0.39, 0.29) is 24.2 Å². The van der Waals surface area contributed by atoms with E-state index in [0.29, 0.717) is 24.3 Å². The summed E-state index contributed by atoms with van der Waals surface area (Å²) in [5, 5.41) is 11.5. The van der Waals surface area contributed by atoms with Crippen LogP contribution in [0.1, 0.15) is 31.7 Å². The summed E-state index contributed by atoms with van der Waals surface area (Å²) in [4.78, 5) is 26.1. The molecule has 0 aliphatic carbocycles. The van der Waals surface area contributed by atoms with Gasteiger partial charge in [0, 0.05) is 25.2 Å². The first-order valence-electron chi connectivity index (χ1n) is 7.24. The fourth-order valence-corrected chi connectivity index (χ4v) is 2.62. The number of hydrogen-bond donors (Lipinski definition) is 1.